The molecule has 8 nitrogen and oxygen atoms in total. The highest BCUT2D eigenvalue weighted by Gasteiger charge is 2.29. The Labute approximate surface area is 120 Å². The summed E-state index contributed by atoms with van der Waals surface area (Å²) in [6.45, 7) is 2.10. The predicted octanol–water partition coefficient (Wildman–Crippen LogP) is 0.579. The molecule has 2 amide bonds. The smallest absolute Gasteiger partial charge is 0.232 e. The van der Waals surface area contributed by atoms with Crippen molar-refractivity contribution in [2.75, 3.05) is 10.6 Å². The Morgan fingerprint density at radius 1 is 1.52 bits per heavy atom. The summed E-state index contributed by atoms with van der Waals surface area (Å²) >= 11 is 0. The van der Waals surface area contributed by atoms with Crippen molar-refractivity contribution >= 4 is 23.6 Å². The van der Waals surface area contributed by atoms with Crippen LogP contribution in [-0.2, 0) is 16.1 Å². The fourth-order valence-electron chi connectivity index (χ4n) is 2.19. The topological polar surface area (TPSA) is 102 Å². The molecule has 0 saturated carbocycles. The maximum absolute atomic E-state index is 12.0. The third-order valence-electron chi connectivity index (χ3n) is 3.14. The predicted molar refractivity (Wildman–Crippen MR) is 74.4 cm³/mol. The lowest BCUT2D eigenvalue weighted by Crippen LogP contribution is -2.36. The SMILES string of the molecule is Cc1nc2n(n1)C[C@H](CC(=O)Nc1ccccn1)C(=O)N2. The first-order chi connectivity index (χ1) is 10.1. The second kappa shape index (κ2) is 5.31. The molecule has 1 atom stereocenters. The average Bonchev–Trinajstić information content (AvgIpc) is 2.79. The Balaban J connectivity index is 1.65. The average molecular weight is 286 g/mol. The summed E-state index contributed by atoms with van der Waals surface area (Å²) in [7, 11) is 0. The summed E-state index contributed by atoms with van der Waals surface area (Å²) in [6.07, 6.45) is 1.66. The molecule has 0 aromatic carbocycles. The van der Waals surface area contributed by atoms with Crippen LogP contribution in [0.3, 0.4) is 0 Å². The number of carbonyl (C=O) groups is 2. The van der Waals surface area contributed by atoms with E-state index in [4.69, 9.17) is 0 Å². The molecule has 108 valence electrons. The monoisotopic (exact) mass is 286 g/mol. The second-order valence-electron chi connectivity index (χ2n) is 4.82. The quantitative estimate of drug-likeness (QED) is 0.859. The zero-order chi connectivity index (χ0) is 14.8. The Morgan fingerprint density at radius 3 is 3.14 bits per heavy atom. The molecule has 0 bridgehead atoms. The van der Waals surface area contributed by atoms with Crippen LogP contribution < -0.4 is 10.6 Å². The molecule has 0 aliphatic carbocycles. The summed E-state index contributed by atoms with van der Waals surface area (Å²) in [5, 5.41) is 9.49. The van der Waals surface area contributed by atoms with Crippen LogP contribution in [0.1, 0.15) is 12.2 Å². The van der Waals surface area contributed by atoms with Crippen LogP contribution in [0.15, 0.2) is 24.4 Å². The number of fused-ring (bicyclic) bond motifs is 1. The van der Waals surface area contributed by atoms with E-state index in [2.05, 4.69) is 25.7 Å². The van der Waals surface area contributed by atoms with E-state index in [0.29, 0.717) is 24.1 Å². The number of hydrogen-bond acceptors (Lipinski definition) is 5. The molecule has 2 aromatic rings. The number of rotatable bonds is 3. The van der Waals surface area contributed by atoms with E-state index < -0.39 is 5.92 Å². The van der Waals surface area contributed by atoms with Gasteiger partial charge in [-0.1, -0.05) is 6.07 Å². The van der Waals surface area contributed by atoms with Crippen molar-refractivity contribution in [2.24, 2.45) is 5.92 Å². The maximum atomic E-state index is 12.0. The molecule has 2 aromatic heterocycles. The van der Waals surface area contributed by atoms with Crippen LogP contribution in [0.4, 0.5) is 11.8 Å². The number of aromatic nitrogens is 4. The maximum Gasteiger partial charge on any atom is 0.232 e. The standard InChI is InChI=1S/C13H14N6O2/c1-8-15-13-17-12(21)9(7-19(13)18-8)6-11(20)16-10-4-2-3-5-14-10/h2-5,9H,6-7H2,1H3,(H,14,16,20)(H,15,17,18,21)/t9-/m0/s1. The molecule has 3 heterocycles. The van der Waals surface area contributed by atoms with Crippen LogP contribution in [-0.4, -0.2) is 31.6 Å². The molecule has 1 aliphatic rings. The highest BCUT2D eigenvalue weighted by atomic mass is 16.2. The van der Waals surface area contributed by atoms with Crippen LogP contribution in [0.2, 0.25) is 0 Å². The van der Waals surface area contributed by atoms with Crippen molar-refractivity contribution in [3.8, 4) is 0 Å². The molecule has 3 rings (SSSR count). The molecule has 0 radical (unpaired) electrons. The zero-order valence-corrected chi connectivity index (χ0v) is 11.4. The van der Waals surface area contributed by atoms with Gasteiger partial charge in [0.2, 0.25) is 17.8 Å². The normalized spacial score (nSPS) is 17.0. The van der Waals surface area contributed by atoms with Gasteiger partial charge in [0.15, 0.2) is 0 Å². The molecule has 2 N–H and O–H groups in total. The van der Waals surface area contributed by atoms with Crippen molar-refractivity contribution in [3.63, 3.8) is 0 Å². The molecule has 0 spiro atoms. The summed E-state index contributed by atoms with van der Waals surface area (Å²) in [5.74, 6) is 0.543. The Morgan fingerprint density at radius 2 is 2.38 bits per heavy atom. The van der Waals surface area contributed by atoms with Crippen molar-refractivity contribution in [1.29, 1.82) is 0 Å². The molecule has 1 aliphatic heterocycles. The minimum atomic E-state index is -0.470. The van der Waals surface area contributed by atoms with Gasteiger partial charge in [0.25, 0.3) is 0 Å². The van der Waals surface area contributed by atoms with Crippen molar-refractivity contribution < 1.29 is 9.59 Å². The van der Waals surface area contributed by atoms with Gasteiger partial charge in [0.05, 0.1) is 12.5 Å². The third kappa shape index (κ3) is 2.88. The molecule has 0 saturated heterocycles. The van der Waals surface area contributed by atoms with E-state index in [1.807, 2.05) is 0 Å². The first-order valence-electron chi connectivity index (χ1n) is 6.55. The third-order valence-corrected chi connectivity index (χ3v) is 3.14. The summed E-state index contributed by atoms with van der Waals surface area (Å²) in [4.78, 5) is 32.0. The van der Waals surface area contributed by atoms with Crippen molar-refractivity contribution in [2.45, 2.75) is 19.9 Å². The Kier molecular flexibility index (Phi) is 3.35. The van der Waals surface area contributed by atoms with E-state index in [9.17, 15) is 9.59 Å². The largest absolute Gasteiger partial charge is 0.311 e. The van der Waals surface area contributed by atoms with Gasteiger partial charge in [-0.25, -0.2) is 9.67 Å². The van der Waals surface area contributed by atoms with Gasteiger partial charge in [0.1, 0.15) is 11.6 Å². The Hall–Kier alpha value is -2.77. The molecule has 21 heavy (non-hydrogen) atoms. The summed E-state index contributed by atoms with van der Waals surface area (Å²) in [6, 6.07) is 5.23. The van der Waals surface area contributed by atoms with Gasteiger partial charge in [-0.3, -0.25) is 14.9 Å². The van der Waals surface area contributed by atoms with Crippen molar-refractivity contribution in [1.82, 2.24) is 19.7 Å². The van der Waals surface area contributed by atoms with Crippen LogP contribution in [0.5, 0.6) is 0 Å². The number of anilines is 2. The van der Waals surface area contributed by atoms with Gasteiger partial charge >= 0.3 is 0 Å². The fourth-order valence-corrected chi connectivity index (χ4v) is 2.19. The van der Waals surface area contributed by atoms with E-state index in [0.717, 1.165) is 0 Å². The van der Waals surface area contributed by atoms with Gasteiger partial charge in [-0.2, -0.15) is 10.1 Å². The zero-order valence-electron chi connectivity index (χ0n) is 11.4. The summed E-state index contributed by atoms with van der Waals surface area (Å²) in [5.41, 5.74) is 0. The second-order valence-corrected chi connectivity index (χ2v) is 4.82. The van der Waals surface area contributed by atoms with E-state index in [-0.39, 0.29) is 18.2 Å². The number of nitrogens with zero attached hydrogens (tertiary/aromatic N) is 4. The van der Waals surface area contributed by atoms with Gasteiger partial charge in [-0.15, -0.1) is 0 Å². The number of nitrogens with one attached hydrogen (secondary N) is 2. The highest BCUT2D eigenvalue weighted by Crippen LogP contribution is 2.19. The first-order valence-corrected chi connectivity index (χ1v) is 6.55. The van der Waals surface area contributed by atoms with Gasteiger partial charge < -0.3 is 5.32 Å². The minimum Gasteiger partial charge on any atom is -0.311 e. The highest BCUT2D eigenvalue weighted by molar-refractivity contribution is 5.97. The molecule has 8 heteroatoms. The molecular weight excluding hydrogens is 272 g/mol. The molecule has 0 unspecified atom stereocenters. The lowest BCUT2D eigenvalue weighted by atomic mass is 10.0. The number of hydrogen-bond donors (Lipinski definition) is 2. The van der Waals surface area contributed by atoms with Gasteiger partial charge in [-0.05, 0) is 19.1 Å². The van der Waals surface area contributed by atoms with Gasteiger partial charge in [0, 0.05) is 12.6 Å². The molecular formula is C13H14N6O2. The van der Waals surface area contributed by atoms with Crippen LogP contribution >= 0.6 is 0 Å². The first kappa shape index (κ1) is 13.2. The fraction of sp³-hybridized carbons (Fsp3) is 0.308. The number of pyridine rings is 1. The number of carbonyl (C=O) groups excluding carboxylic acids is 2. The van der Waals surface area contributed by atoms with E-state index in [1.54, 1.807) is 36.0 Å². The van der Waals surface area contributed by atoms with Crippen molar-refractivity contribution in [3.05, 3.63) is 30.2 Å². The minimum absolute atomic E-state index is 0.0702. The number of amides is 2. The van der Waals surface area contributed by atoms with E-state index >= 15 is 0 Å². The lowest BCUT2D eigenvalue weighted by molar-refractivity contribution is -0.126. The molecule has 0 fully saturated rings. The van der Waals surface area contributed by atoms with Crippen LogP contribution in [0.25, 0.3) is 0 Å². The number of aryl methyl sites for hydroxylation is 1. The lowest BCUT2D eigenvalue weighted by Gasteiger charge is -2.21. The van der Waals surface area contributed by atoms with E-state index in [1.165, 1.54) is 0 Å². The van der Waals surface area contributed by atoms with Crippen LogP contribution in [0, 0.1) is 12.8 Å². The summed E-state index contributed by atoms with van der Waals surface area (Å²) < 4.78 is 1.61. The Bertz CT molecular complexity index is 681.